The summed E-state index contributed by atoms with van der Waals surface area (Å²) < 4.78 is 9.24. The van der Waals surface area contributed by atoms with E-state index < -0.39 is 0 Å². The average molecular weight is 507 g/mol. The first kappa shape index (κ1) is 23.9. The minimum Gasteiger partial charge on any atom is -0.381 e. The summed E-state index contributed by atoms with van der Waals surface area (Å²) in [7, 11) is 0. The first-order valence-electron chi connectivity index (χ1n) is 13.2. The Morgan fingerprint density at radius 2 is 2.03 bits per heavy atom. The highest BCUT2D eigenvalue weighted by Crippen LogP contribution is 2.45. The van der Waals surface area contributed by atoms with Gasteiger partial charge in [-0.2, -0.15) is 15.1 Å². The molecule has 3 fully saturated rings. The van der Waals surface area contributed by atoms with Gasteiger partial charge in [-0.15, -0.1) is 0 Å². The molecule has 1 amide bonds. The lowest BCUT2D eigenvalue weighted by atomic mass is 10.0. The third kappa shape index (κ3) is 4.93. The van der Waals surface area contributed by atoms with E-state index >= 15 is 0 Å². The molecule has 1 atom stereocenters. The molecule has 11 nitrogen and oxygen atoms in total. The number of rotatable bonds is 8. The number of ether oxygens (including phenoxy) is 1. The number of likely N-dealkylation sites (tertiary alicyclic amines) is 1. The molecule has 196 valence electrons. The Labute approximate surface area is 215 Å². The van der Waals surface area contributed by atoms with Gasteiger partial charge in [-0.05, 0) is 56.1 Å². The predicted molar refractivity (Wildman–Crippen MR) is 140 cm³/mol. The second-order valence-electron chi connectivity index (χ2n) is 10.2. The van der Waals surface area contributed by atoms with Crippen LogP contribution in [0.2, 0.25) is 0 Å². The number of amides is 1. The van der Waals surface area contributed by atoms with Gasteiger partial charge in [0.05, 0.1) is 23.3 Å². The molecule has 0 bridgehead atoms. The van der Waals surface area contributed by atoms with Crippen molar-refractivity contribution in [2.24, 2.45) is 0 Å². The van der Waals surface area contributed by atoms with Crippen molar-refractivity contribution in [2.75, 3.05) is 36.9 Å². The second-order valence-corrected chi connectivity index (χ2v) is 10.2. The third-order valence-corrected chi connectivity index (χ3v) is 7.59. The lowest BCUT2D eigenvalue weighted by Gasteiger charge is -2.33. The van der Waals surface area contributed by atoms with Gasteiger partial charge in [0.2, 0.25) is 11.9 Å². The van der Waals surface area contributed by atoms with Gasteiger partial charge in [0.1, 0.15) is 18.2 Å². The van der Waals surface area contributed by atoms with Gasteiger partial charge in [-0.25, -0.2) is 0 Å². The van der Waals surface area contributed by atoms with Crippen molar-refractivity contribution in [3.8, 4) is 0 Å². The van der Waals surface area contributed by atoms with Gasteiger partial charge >= 0.3 is 0 Å². The maximum Gasteiger partial charge on any atom is 0.246 e. The second kappa shape index (κ2) is 10.1. The number of hydrogen-bond donors (Lipinski definition) is 3. The fourth-order valence-electron chi connectivity index (χ4n) is 5.49. The number of aromatic nitrogens is 5. The molecule has 5 heterocycles. The average Bonchev–Trinajstić information content (AvgIpc) is 3.56. The van der Waals surface area contributed by atoms with E-state index in [0.717, 1.165) is 75.2 Å². The van der Waals surface area contributed by atoms with E-state index in [0.29, 0.717) is 30.1 Å². The number of hydrogen-bond acceptors (Lipinski definition) is 8. The number of carbonyl (C=O) groups is 1. The SMILES string of the molecule is C=CC(=O)N1CCCC(Nc2nc(Nc3cnn(C4CCOCC4)c3)nc3c2c(C2CC2)cn3CO)C1. The smallest absolute Gasteiger partial charge is 0.246 e. The fraction of sp³-hybridized carbons (Fsp3) is 0.538. The number of anilines is 3. The highest BCUT2D eigenvalue weighted by atomic mass is 16.5. The van der Waals surface area contributed by atoms with Crippen LogP contribution >= 0.6 is 0 Å². The monoisotopic (exact) mass is 506 g/mol. The summed E-state index contributed by atoms with van der Waals surface area (Å²) >= 11 is 0. The lowest BCUT2D eigenvalue weighted by molar-refractivity contribution is -0.127. The largest absolute Gasteiger partial charge is 0.381 e. The summed E-state index contributed by atoms with van der Waals surface area (Å²) in [5.41, 5.74) is 2.66. The molecule has 3 aromatic heterocycles. The highest BCUT2D eigenvalue weighted by molar-refractivity contribution is 5.93. The topological polar surface area (TPSA) is 122 Å². The van der Waals surface area contributed by atoms with Crippen molar-refractivity contribution in [3.05, 3.63) is 36.8 Å². The minimum absolute atomic E-state index is 0.0478. The number of carbonyl (C=O) groups excluding carboxylic acids is 1. The lowest BCUT2D eigenvalue weighted by Crippen LogP contribution is -2.44. The Morgan fingerprint density at radius 3 is 2.78 bits per heavy atom. The molecule has 0 aromatic carbocycles. The van der Waals surface area contributed by atoms with Crippen molar-refractivity contribution >= 4 is 34.4 Å². The number of aliphatic hydroxyl groups excluding tert-OH is 1. The molecule has 1 saturated carbocycles. The molecule has 11 heteroatoms. The van der Waals surface area contributed by atoms with E-state index in [4.69, 9.17) is 14.7 Å². The van der Waals surface area contributed by atoms with Gasteiger partial charge in [0, 0.05) is 44.7 Å². The fourth-order valence-corrected chi connectivity index (χ4v) is 5.49. The van der Waals surface area contributed by atoms with Crippen molar-refractivity contribution in [3.63, 3.8) is 0 Å². The summed E-state index contributed by atoms with van der Waals surface area (Å²) in [5, 5.41) is 22.6. The summed E-state index contributed by atoms with van der Waals surface area (Å²) in [6.45, 7) is 6.31. The zero-order chi connectivity index (χ0) is 25.4. The van der Waals surface area contributed by atoms with E-state index in [1.165, 1.54) is 11.6 Å². The molecular weight excluding hydrogens is 472 g/mol. The standard InChI is InChI=1S/C26H34N8O3/c1-2-22(36)32-9-3-4-18(13-32)28-24-23-21(17-5-6-17)15-33(16-35)25(23)31-26(30-24)29-19-12-27-34(14-19)20-7-10-37-11-8-20/h2,12,14-15,17-18,20,35H,1,3-11,13,16H2,(H2,28,29,30,31). The summed E-state index contributed by atoms with van der Waals surface area (Å²) in [6, 6.07) is 0.384. The predicted octanol–water partition coefficient (Wildman–Crippen LogP) is 3.14. The van der Waals surface area contributed by atoms with E-state index in [2.05, 4.69) is 22.3 Å². The first-order chi connectivity index (χ1) is 18.1. The summed E-state index contributed by atoms with van der Waals surface area (Å²) in [4.78, 5) is 23.8. The Hall–Kier alpha value is -3.44. The summed E-state index contributed by atoms with van der Waals surface area (Å²) in [6.07, 6.45) is 13.1. The van der Waals surface area contributed by atoms with E-state index in [9.17, 15) is 9.90 Å². The molecule has 6 rings (SSSR count). The van der Waals surface area contributed by atoms with Crippen LogP contribution in [0.25, 0.3) is 11.0 Å². The van der Waals surface area contributed by atoms with E-state index in [1.54, 1.807) is 10.8 Å². The Balaban J connectivity index is 1.32. The molecule has 0 spiro atoms. The Bertz CT molecular complexity index is 1290. The maximum atomic E-state index is 12.2. The molecule has 1 aliphatic carbocycles. The van der Waals surface area contributed by atoms with Crippen molar-refractivity contribution in [1.82, 2.24) is 29.2 Å². The number of aliphatic hydroxyl groups is 1. The van der Waals surface area contributed by atoms with Crippen molar-refractivity contribution < 1.29 is 14.6 Å². The molecule has 2 saturated heterocycles. The first-order valence-corrected chi connectivity index (χ1v) is 13.2. The molecule has 0 radical (unpaired) electrons. The molecule has 3 N–H and O–H groups in total. The van der Waals surface area contributed by atoms with E-state index in [-0.39, 0.29) is 18.7 Å². The Kier molecular flexibility index (Phi) is 6.56. The number of piperidine rings is 1. The zero-order valence-electron chi connectivity index (χ0n) is 21.0. The summed E-state index contributed by atoms with van der Waals surface area (Å²) in [5.74, 6) is 1.58. The van der Waals surface area contributed by atoms with Crippen LogP contribution < -0.4 is 10.6 Å². The minimum atomic E-state index is -0.161. The number of nitrogens with zero attached hydrogens (tertiary/aromatic N) is 6. The Morgan fingerprint density at radius 1 is 1.19 bits per heavy atom. The quantitative estimate of drug-likeness (QED) is 0.398. The zero-order valence-corrected chi connectivity index (χ0v) is 21.0. The molecular formula is C26H34N8O3. The van der Waals surface area contributed by atoms with Crippen LogP contribution in [0.3, 0.4) is 0 Å². The normalized spacial score (nSPS) is 20.8. The van der Waals surface area contributed by atoms with Crippen LogP contribution in [-0.2, 0) is 16.3 Å². The van der Waals surface area contributed by atoms with Crippen LogP contribution in [0.5, 0.6) is 0 Å². The van der Waals surface area contributed by atoms with E-state index in [1.807, 2.05) is 22.0 Å². The van der Waals surface area contributed by atoms with Crippen LogP contribution in [0.15, 0.2) is 31.2 Å². The van der Waals surface area contributed by atoms with Gasteiger partial charge in [0.15, 0.2) is 0 Å². The van der Waals surface area contributed by atoms with Gasteiger partial charge in [-0.3, -0.25) is 9.48 Å². The third-order valence-electron chi connectivity index (χ3n) is 7.59. The number of nitrogens with one attached hydrogen (secondary N) is 2. The molecule has 1 unspecified atom stereocenters. The van der Waals surface area contributed by atoms with Crippen LogP contribution in [0.1, 0.15) is 56.0 Å². The molecule has 37 heavy (non-hydrogen) atoms. The molecule has 3 aliphatic rings. The van der Waals surface area contributed by atoms with Crippen molar-refractivity contribution in [2.45, 2.75) is 63.3 Å². The van der Waals surface area contributed by atoms with Gasteiger partial charge in [0.25, 0.3) is 0 Å². The van der Waals surface area contributed by atoms with Crippen LogP contribution in [0.4, 0.5) is 17.5 Å². The van der Waals surface area contributed by atoms with Gasteiger partial charge in [-0.1, -0.05) is 6.58 Å². The highest BCUT2D eigenvalue weighted by Gasteiger charge is 2.31. The van der Waals surface area contributed by atoms with Crippen LogP contribution in [0, 0.1) is 0 Å². The van der Waals surface area contributed by atoms with Crippen molar-refractivity contribution in [1.29, 1.82) is 0 Å². The van der Waals surface area contributed by atoms with Gasteiger partial charge < -0.3 is 29.9 Å². The maximum absolute atomic E-state index is 12.2. The van der Waals surface area contributed by atoms with Crippen LogP contribution in [-0.4, -0.2) is 72.6 Å². The molecule has 3 aromatic rings. The molecule has 2 aliphatic heterocycles. The number of fused-ring (bicyclic) bond motifs is 1.